The van der Waals surface area contributed by atoms with E-state index < -0.39 is 5.91 Å². The molecule has 2 amide bonds. The van der Waals surface area contributed by atoms with Gasteiger partial charge in [-0.1, -0.05) is 39.7 Å². The molecule has 1 aliphatic heterocycles. The molecule has 146 valence electrons. The molecule has 3 rings (SSSR count). The first kappa shape index (κ1) is 20.6. The van der Waals surface area contributed by atoms with E-state index in [4.69, 9.17) is 21.1 Å². The van der Waals surface area contributed by atoms with Gasteiger partial charge in [0.2, 0.25) is 0 Å². The molecule has 1 saturated heterocycles. The van der Waals surface area contributed by atoms with Crippen LogP contribution < -0.4 is 9.47 Å². The Bertz CT molecular complexity index is 965. The first-order valence-electron chi connectivity index (χ1n) is 8.10. The summed E-state index contributed by atoms with van der Waals surface area (Å²) in [7, 11) is 1.43. The Morgan fingerprint density at radius 1 is 1.25 bits per heavy atom. The summed E-state index contributed by atoms with van der Waals surface area (Å²) in [5.41, 5.74) is 0.604. The fourth-order valence-electron chi connectivity index (χ4n) is 2.48. The van der Waals surface area contributed by atoms with E-state index in [1.807, 2.05) is 0 Å². The average Bonchev–Trinajstić information content (AvgIpc) is 2.92. The number of carbonyl (C=O) groups excluding carboxylic acids is 2. The number of methoxy groups -OCH3 is 1. The van der Waals surface area contributed by atoms with E-state index in [0.29, 0.717) is 20.8 Å². The summed E-state index contributed by atoms with van der Waals surface area (Å²) in [6.07, 6.45) is 1.58. The van der Waals surface area contributed by atoms with Gasteiger partial charge in [-0.25, -0.2) is 0 Å². The maximum Gasteiger partial charge on any atom is 0.293 e. The second-order valence-corrected chi connectivity index (χ2v) is 7.91. The van der Waals surface area contributed by atoms with E-state index in [-0.39, 0.29) is 34.8 Å². The minimum Gasteiger partial charge on any atom is -0.504 e. The van der Waals surface area contributed by atoms with E-state index in [9.17, 15) is 14.7 Å². The number of amides is 2. The molecule has 1 aliphatic rings. The Morgan fingerprint density at radius 2 is 2.00 bits per heavy atom. The lowest BCUT2D eigenvalue weighted by atomic mass is 10.2. The van der Waals surface area contributed by atoms with Crippen molar-refractivity contribution in [3.63, 3.8) is 0 Å². The third-order valence-corrected chi connectivity index (χ3v) is 5.77. The van der Waals surface area contributed by atoms with Gasteiger partial charge in [0, 0.05) is 4.47 Å². The number of nitrogens with zero attached hydrogens (tertiary/aromatic N) is 1. The van der Waals surface area contributed by atoms with Crippen molar-refractivity contribution in [3.8, 4) is 17.2 Å². The Balaban J connectivity index is 1.71. The lowest BCUT2D eigenvalue weighted by molar-refractivity contribution is -0.123. The standard InChI is InChI=1S/C19H15BrClNO5S/c1-26-16-8-11(12(20)10-14(16)23)9-17-18(24)22(19(25)28-17)6-7-27-15-5-3-2-4-13(15)21/h2-5,8-10,23H,6-7H2,1H3/b17-9-. The smallest absolute Gasteiger partial charge is 0.293 e. The van der Waals surface area contributed by atoms with Crippen molar-refractivity contribution < 1.29 is 24.2 Å². The van der Waals surface area contributed by atoms with Gasteiger partial charge in [-0.05, 0) is 47.7 Å². The number of phenolic OH excluding ortho intramolecular Hbond substituents is 1. The van der Waals surface area contributed by atoms with Crippen LogP contribution in [0.3, 0.4) is 0 Å². The number of para-hydroxylation sites is 1. The fourth-order valence-corrected chi connectivity index (χ4v) is 3.97. The van der Waals surface area contributed by atoms with Gasteiger partial charge in [-0.15, -0.1) is 0 Å². The fraction of sp³-hybridized carbons (Fsp3) is 0.158. The molecule has 0 aromatic heterocycles. The van der Waals surface area contributed by atoms with E-state index in [1.165, 1.54) is 13.2 Å². The number of thioether (sulfide) groups is 1. The van der Waals surface area contributed by atoms with Crippen molar-refractivity contribution in [2.75, 3.05) is 20.3 Å². The zero-order chi connectivity index (χ0) is 20.3. The topological polar surface area (TPSA) is 76.1 Å². The predicted molar refractivity (Wildman–Crippen MR) is 112 cm³/mol. The van der Waals surface area contributed by atoms with Gasteiger partial charge < -0.3 is 14.6 Å². The molecule has 1 N–H and O–H groups in total. The van der Waals surface area contributed by atoms with Gasteiger partial charge in [0.05, 0.1) is 23.6 Å². The van der Waals surface area contributed by atoms with Crippen molar-refractivity contribution in [2.24, 2.45) is 0 Å². The number of hydrogen-bond acceptors (Lipinski definition) is 6. The van der Waals surface area contributed by atoms with Crippen LogP contribution in [0.25, 0.3) is 6.08 Å². The van der Waals surface area contributed by atoms with E-state index in [1.54, 1.807) is 36.4 Å². The summed E-state index contributed by atoms with van der Waals surface area (Å²) in [6.45, 7) is 0.235. The first-order valence-corrected chi connectivity index (χ1v) is 10.1. The van der Waals surface area contributed by atoms with Crippen LogP contribution in [0.2, 0.25) is 5.02 Å². The zero-order valence-corrected chi connectivity index (χ0v) is 17.8. The molecule has 6 nitrogen and oxygen atoms in total. The summed E-state index contributed by atoms with van der Waals surface area (Å²) in [5.74, 6) is 0.321. The second kappa shape index (κ2) is 8.89. The summed E-state index contributed by atoms with van der Waals surface area (Å²) >= 11 is 10.2. The molecule has 0 aliphatic carbocycles. The quantitative estimate of drug-likeness (QED) is 0.586. The maximum atomic E-state index is 12.6. The van der Waals surface area contributed by atoms with E-state index >= 15 is 0 Å². The molecule has 9 heteroatoms. The molecule has 2 aromatic carbocycles. The lowest BCUT2D eigenvalue weighted by Gasteiger charge is -2.13. The Hall–Kier alpha value is -2.16. The van der Waals surface area contributed by atoms with Crippen molar-refractivity contribution in [2.45, 2.75) is 0 Å². The van der Waals surface area contributed by atoms with Crippen LogP contribution in [0, 0.1) is 0 Å². The van der Waals surface area contributed by atoms with Crippen LogP contribution in [-0.4, -0.2) is 41.4 Å². The van der Waals surface area contributed by atoms with Gasteiger partial charge >= 0.3 is 0 Å². The largest absolute Gasteiger partial charge is 0.504 e. The Kier molecular flexibility index (Phi) is 6.53. The van der Waals surface area contributed by atoms with Gasteiger partial charge in [0.15, 0.2) is 11.5 Å². The number of aromatic hydroxyl groups is 1. The molecule has 1 fully saturated rings. The number of ether oxygens (including phenoxy) is 2. The minimum atomic E-state index is -0.406. The molecule has 0 atom stereocenters. The number of rotatable bonds is 6. The number of imide groups is 1. The highest BCUT2D eigenvalue weighted by molar-refractivity contribution is 9.10. The van der Waals surface area contributed by atoms with Crippen molar-refractivity contribution >= 4 is 56.5 Å². The van der Waals surface area contributed by atoms with Crippen molar-refractivity contribution in [1.82, 2.24) is 4.90 Å². The van der Waals surface area contributed by atoms with Crippen LogP contribution in [0.4, 0.5) is 4.79 Å². The van der Waals surface area contributed by atoms with Crippen LogP contribution in [0.15, 0.2) is 45.8 Å². The third kappa shape index (κ3) is 4.45. The molecule has 2 aromatic rings. The zero-order valence-electron chi connectivity index (χ0n) is 14.6. The molecule has 0 spiro atoms. The normalized spacial score (nSPS) is 15.4. The van der Waals surface area contributed by atoms with Crippen LogP contribution in [0.5, 0.6) is 17.2 Å². The van der Waals surface area contributed by atoms with E-state index in [2.05, 4.69) is 15.9 Å². The van der Waals surface area contributed by atoms with Gasteiger partial charge in [0.25, 0.3) is 11.1 Å². The molecular weight excluding hydrogens is 470 g/mol. The van der Waals surface area contributed by atoms with Gasteiger partial charge in [-0.2, -0.15) is 0 Å². The summed E-state index contributed by atoms with van der Waals surface area (Å²) in [4.78, 5) is 26.2. The molecule has 0 unspecified atom stereocenters. The number of hydrogen-bond donors (Lipinski definition) is 1. The number of carbonyl (C=O) groups is 2. The lowest BCUT2D eigenvalue weighted by Crippen LogP contribution is -2.32. The summed E-state index contributed by atoms with van der Waals surface area (Å²) < 4.78 is 11.2. The Labute approximate surface area is 179 Å². The van der Waals surface area contributed by atoms with E-state index in [0.717, 1.165) is 16.7 Å². The highest BCUT2D eigenvalue weighted by atomic mass is 79.9. The van der Waals surface area contributed by atoms with Crippen LogP contribution in [-0.2, 0) is 4.79 Å². The highest BCUT2D eigenvalue weighted by Gasteiger charge is 2.35. The van der Waals surface area contributed by atoms with Crippen molar-refractivity contribution in [1.29, 1.82) is 0 Å². The van der Waals surface area contributed by atoms with Crippen LogP contribution in [0.1, 0.15) is 5.56 Å². The second-order valence-electron chi connectivity index (χ2n) is 5.66. The average molecular weight is 485 g/mol. The molecular formula is C19H15BrClNO5S. The Morgan fingerprint density at radius 3 is 2.71 bits per heavy atom. The first-order chi connectivity index (χ1) is 13.4. The molecule has 0 saturated carbocycles. The summed E-state index contributed by atoms with van der Waals surface area (Å²) in [6, 6.07) is 10.0. The van der Waals surface area contributed by atoms with Gasteiger partial charge in [0.1, 0.15) is 12.4 Å². The molecule has 0 radical (unpaired) electrons. The highest BCUT2D eigenvalue weighted by Crippen LogP contribution is 2.37. The van der Waals surface area contributed by atoms with Gasteiger partial charge in [-0.3, -0.25) is 14.5 Å². The van der Waals surface area contributed by atoms with Crippen LogP contribution >= 0.6 is 39.3 Å². The maximum absolute atomic E-state index is 12.6. The predicted octanol–water partition coefficient (Wildman–Crippen LogP) is 4.93. The SMILES string of the molecule is COc1cc(/C=C2\SC(=O)N(CCOc3ccccc3Cl)C2=O)c(Br)cc1O. The number of halogens is 2. The molecule has 28 heavy (non-hydrogen) atoms. The molecule has 0 bridgehead atoms. The number of benzene rings is 2. The van der Waals surface area contributed by atoms with Crippen molar-refractivity contribution in [3.05, 3.63) is 56.4 Å². The third-order valence-electron chi connectivity index (χ3n) is 3.87. The number of phenols is 1. The molecule has 1 heterocycles. The summed E-state index contributed by atoms with van der Waals surface area (Å²) in [5, 5.41) is 9.88. The minimum absolute atomic E-state index is 0.0312. The monoisotopic (exact) mass is 483 g/mol.